The maximum Gasteiger partial charge on any atom is 0.340 e. The quantitative estimate of drug-likeness (QED) is 0.642. The maximum absolute atomic E-state index is 12.8. The first kappa shape index (κ1) is 22.0. The van der Waals surface area contributed by atoms with E-state index in [0.717, 1.165) is 0 Å². The van der Waals surface area contributed by atoms with Gasteiger partial charge in [-0.15, -0.1) is 0 Å². The molecule has 0 unspecified atom stereocenters. The first-order valence-electron chi connectivity index (χ1n) is 8.15. The Morgan fingerprint density at radius 1 is 0.964 bits per heavy atom. The second kappa shape index (κ2) is 9.27. The Kier molecular flexibility index (Phi) is 7.29. The fraction of sp³-hybridized carbons (Fsp3) is 0.222. The molecule has 7 nitrogen and oxygen atoms in total. The zero-order valence-electron chi connectivity index (χ0n) is 15.0. The SMILES string of the molecule is CCOC(=O)c1ccc(C(=O)OCC)c(NS(=O)(=O)c2cc(Cl)ccc2Cl)c1. The van der Waals surface area contributed by atoms with E-state index in [4.69, 9.17) is 32.7 Å². The van der Waals surface area contributed by atoms with Crippen molar-refractivity contribution in [3.05, 3.63) is 57.6 Å². The Labute approximate surface area is 172 Å². The predicted octanol–water partition coefficient (Wildman–Crippen LogP) is 4.15. The largest absolute Gasteiger partial charge is 0.462 e. The van der Waals surface area contributed by atoms with Crippen LogP contribution in [-0.2, 0) is 19.5 Å². The summed E-state index contributed by atoms with van der Waals surface area (Å²) in [4.78, 5) is 23.9. The highest BCUT2D eigenvalue weighted by Crippen LogP contribution is 2.29. The number of esters is 2. The molecule has 0 atom stereocenters. The molecular formula is C18H17Cl2NO6S. The first-order chi connectivity index (χ1) is 13.2. The topological polar surface area (TPSA) is 98.8 Å². The van der Waals surface area contributed by atoms with Crippen molar-refractivity contribution in [2.75, 3.05) is 17.9 Å². The highest BCUT2D eigenvalue weighted by molar-refractivity contribution is 7.92. The third kappa shape index (κ3) is 5.15. The number of sulfonamides is 1. The molecule has 10 heteroatoms. The van der Waals surface area contributed by atoms with Gasteiger partial charge >= 0.3 is 11.9 Å². The molecule has 2 rings (SSSR count). The normalized spacial score (nSPS) is 11.0. The van der Waals surface area contributed by atoms with Gasteiger partial charge in [-0.1, -0.05) is 23.2 Å². The number of anilines is 1. The zero-order chi connectivity index (χ0) is 20.9. The monoisotopic (exact) mass is 445 g/mol. The third-order valence-corrected chi connectivity index (χ3v) is 5.54. The van der Waals surface area contributed by atoms with Gasteiger partial charge in [-0.05, 0) is 50.2 Å². The molecule has 1 N–H and O–H groups in total. The van der Waals surface area contributed by atoms with E-state index in [1.807, 2.05) is 0 Å². The van der Waals surface area contributed by atoms with Crippen LogP contribution in [-0.4, -0.2) is 33.6 Å². The van der Waals surface area contributed by atoms with Crippen LogP contribution in [0.15, 0.2) is 41.3 Å². The van der Waals surface area contributed by atoms with Gasteiger partial charge in [0.15, 0.2) is 0 Å². The number of carbonyl (C=O) groups is 2. The van der Waals surface area contributed by atoms with E-state index >= 15 is 0 Å². The number of halogens is 2. The minimum atomic E-state index is -4.22. The molecular weight excluding hydrogens is 429 g/mol. The average Bonchev–Trinajstić information content (AvgIpc) is 2.63. The van der Waals surface area contributed by atoms with Crippen LogP contribution in [0.3, 0.4) is 0 Å². The molecule has 150 valence electrons. The molecule has 0 spiro atoms. The van der Waals surface area contributed by atoms with Crippen molar-refractivity contribution >= 4 is 50.9 Å². The molecule has 0 aromatic heterocycles. The van der Waals surface area contributed by atoms with Crippen LogP contribution in [0.5, 0.6) is 0 Å². The molecule has 0 amide bonds. The van der Waals surface area contributed by atoms with Crippen molar-refractivity contribution in [3.8, 4) is 0 Å². The molecule has 2 aromatic rings. The van der Waals surface area contributed by atoms with Crippen LogP contribution in [0, 0.1) is 0 Å². The van der Waals surface area contributed by atoms with Crippen LogP contribution in [0.25, 0.3) is 0 Å². The second-order valence-corrected chi connectivity index (χ2v) is 7.88. The van der Waals surface area contributed by atoms with Gasteiger partial charge in [0.1, 0.15) is 4.90 Å². The number of ether oxygens (including phenoxy) is 2. The van der Waals surface area contributed by atoms with Gasteiger partial charge in [-0.3, -0.25) is 4.72 Å². The summed E-state index contributed by atoms with van der Waals surface area (Å²) < 4.78 is 37.7. The van der Waals surface area contributed by atoms with Crippen LogP contribution in [0.1, 0.15) is 34.6 Å². The van der Waals surface area contributed by atoms with Gasteiger partial charge in [-0.25, -0.2) is 18.0 Å². The summed E-state index contributed by atoms with van der Waals surface area (Å²) in [5.74, 6) is -1.42. The number of benzene rings is 2. The highest BCUT2D eigenvalue weighted by atomic mass is 35.5. The van der Waals surface area contributed by atoms with Crippen molar-refractivity contribution in [2.24, 2.45) is 0 Å². The minimum Gasteiger partial charge on any atom is -0.462 e. The van der Waals surface area contributed by atoms with E-state index in [1.165, 1.54) is 36.4 Å². The lowest BCUT2D eigenvalue weighted by molar-refractivity contribution is 0.0512. The van der Waals surface area contributed by atoms with Gasteiger partial charge in [0.05, 0.1) is 35.1 Å². The van der Waals surface area contributed by atoms with E-state index in [9.17, 15) is 18.0 Å². The van der Waals surface area contributed by atoms with Gasteiger partial charge in [0.25, 0.3) is 10.0 Å². The zero-order valence-corrected chi connectivity index (χ0v) is 17.3. The fourth-order valence-electron chi connectivity index (χ4n) is 2.24. The molecule has 0 saturated carbocycles. The Morgan fingerprint density at radius 2 is 1.61 bits per heavy atom. The summed E-state index contributed by atoms with van der Waals surface area (Å²) in [6.07, 6.45) is 0. The molecule has 0 aliphatic carbocycles. The average molecular weight is 446 g/mol. The lowest BCUT2D eigenvalue weighted by Crippen LogP contribution is -2.18. The molecule has 2 aromatic carbocycles. The third-order valence-electron chi connectivity index (χ3n) is 3.45. The van der Waals surface area contributed by atoms with Gasteiger partial charge in [0, 0.05) is 5.02 Å². The van der Waals surface area contributed by atoms with Crippen molar-refractivity contribution in [1.82, 2.24) is 0 Å². The minimum absolute atomic E-state index is 0.0591. The van der Waals surface area contributed by atoms with Gasteiger partial charge in [-0.2, -0.15) is 0 Å². The molecule has 0 radical (unpaired) electrons. The molecule has 0 fully saturated rings. The van der Waals surface area contributed by atoms with E-state index < -0.39 is 22.0 Å². The number of nitrogens with one attached hydrogen (secondary N) is 1. The smallest absolute Gasteiger partial charge is 0.340 e. The Balaban J connectivity index is 2.53. The Morgan fingerprint density at radius 3 is 2.25 bits per heavy atom. The predicted molar refractivity (Wildman–Crippen MR) is 106 cm³/mol. The summed E-state index contributed by atoms with van der Waals surface area (Å²) in [6, 6.07) is 7.76. The van der Waals surface area contributed by atoms with Crippen LogP contribution < -0.4 is 4.72 Å². The van der Waals surface area contributed by atoms with Gasteiger partial charge in [0.2, 0.25) is 0 Å². The van der Waals surface area contributed by atoms with Crippen LogP contribution >= 0.6 is 23.2 Å². The number of hydrogen-bond donors (Lipinski definition) is 1. The number of hydrogen-bond acceptors (Lipinski definition) is 6. The standard InChI is InChI=1S/C18H17Cl2NO6S/c1-3-26-17(22)11-5-7-13(18(23)27-4-2)15(9-11)21-28(24,25)16-10-12(19)6-8-14(16)20/h5-10,21H,3-4H2,1-2H3. The Bertz CT molecular complexity index is 1010. The molecule has 28 heavy (non-hydrogen) atoms. The number of carbonyl (C=O) groups excluding carboxylic acids is 2. The van der Waals surface area contributed by atoms with E-state index in [1.54, 1.807) is 13.8 Å². The lowest BCUT2D eigenvalue weighted by Gasteiger charge is -2.14. The number of rotatable bonds is 7. The molecule has 0 aliphatic heterocycles. The van der Waals surface area contributed by atoms with Crippen molar-refractivity contribution < 1.29 is 27.5 Å². The lowest BCUT2D eigenvalue weighted by atomic mass is 10.1. The Hall–Kier alpha value is -2.29. The summed E-state index contributed by atoms with van der Waals surface area (Å²) in [5.41, 5.74) is -0.165. The van der Waals surface area contributed by atoms with Crippen LogP contribution in [0.2, 0.25) is 10.0 Å². The second-order valence-electron chi connectivity index (χ2n) is 5.38. The summed E-state index contributed by atoms with van der Waals surface area (Å²) in [7, 11) is -4.22. The molecule has 0 heterocycles. The van der Waals surface area contributed by atoms with E-state index in [0.29, 0.717) is 0 Å². The van der Waals surface area contributed by atoms with E-state index in [-0.39, 0.29) is 45.0 Å². The van der Waals surface area contributed by atoms with E-state index in [2.05, 4.69) is 4.72 Å². The fourth-order valence-corrected chi connectivity index (χ4v) is 4.07. The summed E-state index contributed by atoms with van der Waals surface area (Å²) in [6.45, 7) is 3.47. The van der Waals surface area contributed by atoms with Crippen molar-refractivity contribution in [2.45, 2.75) is 18.7 Å². The highest BCUT2D eigenvalue weighted by Gasteiger charge is 2.23. The molecule has 0 aliphatic rings. The van der Waals surface area contributed by atoms with Gasteiger partial charge < -0.3 is 9.47 Å². The first-order valence-corrected chi connectivity index (χ1v) is 10.4. The molecule has 0 bridgehead atoms. The van der Waals surface area contributed by atoms with Crippen molar-refractivity contribution in [1.29, 1.82) is 0 Å². The van der Waals surface area contributed by atoms with Crippen LogP contribution in [0.4, 0.5) is 5.69 Å². The van der Waals surface area contributed by atoms with Crippen molar-refractivity contribution in [3.63, 3.8) is 0 Å². The summed E-state index contributed by atoms with van der Waals surface area (Å²) >= 11 is 11.8. The molecule has 0 saturated heterocycles. The maximum atomic E-state index is 12.8. The summed E-state index contributed by atoms with van der Waals surface area (Å²) in [5, 5.41) is 0.104.